The summed E-state index contributed by atoms with van der Waals surface area (Å²) in [5.41, 5.74) is 5.81. The second-order valence-corrected chi connectivity index (χ2v) is 5.00. The van der Waals surface area contributed by atoms with Crippen LogP contribution in [0.15, 0.2) is 18.2 Å². The maximum absolute atomic E-state index is 13.8. The molecule has 0 spiro atoms. The molecule has 0 bridgehead atoms. The summed E-state index contributed by atoms with van der Waals surface area (Å²) in [5, 5.41) is 0. The Hall–Kier alpha value is -2.11. The second kappa shape index (κ2) is 6.56. The van der Waals surface area contributed by atoms with E-state index in [9.17, 15) is 14.0 Å². The van der Waals surface area contributed by atoms with Crippen LogP contribution >= 0.6 is 0 Å². The van der Waals surface area contributed by atoms with E-state index in [4.69, 9.17) is 10.5 Å². The summed E-state index contributed by atoms with van der Waals surface area (Å²) in [4.78, 5) is 25.9. The largest absolute Gasteiger partial charge is 0.464 e. The SMILES string of the molecule is CCOC(=O)C1CCCCN1C(=O)c1cc(N)ccc1F. The predicted molar refractivity (Wildman–Crippen MR) is 76.1 cm³/mol. The fourth-order valence-corrected chi connectivity index (χ4v) is 2.52. The molecular formula is C15H19FN2O3. The van der Waals surface area contributed by atoms with Crippen LogP contribution in [0.5, 0.6) is 0 Å². The van der Waals surface area contributed by atoms with Crippen LogP contribution in [0.2, 0.25) is 0 Å². The van der Waals surface area contributed by atoms with Crippen molar-refractivity contribution in [2.45, 2.75) is 32.2 Å². The average Bonchev–Trinajstić information content (AvgIpc) is 2.49. The number of nitrogen functional groups attached to an aromatic ring is 1. The van der Waals surface area contributed by atoms with E-state index >= 15 is 0 Å². The lowest BCUT2D eigenvalue weighted by atomic mass is 10.0. The number of ether oxygens (including phenoxy) is 1. The molecule has 1 heterocycles. The highest BCUT2D eigenvalue weighted by atomic mass is 19.1. The van der Waals surface area contributed by atoms with E-state index in [1.54, 1.807) is 6.92 Å². The first-order valence-corrected chi connectivity index (χ1v) is 7.07. The Balaban J connectivity index is 2.26. The smallest absolute Gasteiger partial charge is 0.328 e. The first-order chi connectivity index (χ1) is 10.0. The summed E-state index contributed by atoms with van der Waals surface area (Å²) >= 11 is 0. The quantitative estimate of drug-likeness (QED) is 0.683. The van der Waals surface area contributed by atoms with E-state index in [0.29, 0.717) is 18.7 Å². The van der Waals surface area contributed by atoms with E-state index in [-0.39, 0.29) is 12.2 Å². The molecule has 1 aromatic rings. The molecule has 2 rings (SSSR count). The third-order valence-electron chi connectivity index (χ3n) is 3.54. The van der Waals surface area contributed by atoms with Gasteiger partial charge in [-0.15, -0.1) is 0 Å². The normalized spacial score (nSPS) is 18.4. The molecule has 1 saturated heterocycles. The molecule has 0 saturated carbocycles. The zero-order valence-corrected chi connectivity index (χ0v) is 12.0. The fraction of sp³-hybridized carbons (Fsp3) is 0.467. The molecule has 1 fully saturated rings. The lowest BCUT2D eigenvalue weighted by molar-refractivity contribution is -0.149. The van der Waals surface area contributed by atoms with Crippen molar-refractivity contribution in [1.29, 1.82) is 0 Å². The maximum Gasteiger partial charge on any atom is 0.328 e. The number of hydrogen-bond acceptors (Lipinski definition) is 4. The van der Waals surface area contributed by atoms with Crippen LogP contribution in [0.3, 0.4) is 0 Å². The number of anilines is 1. The molecule has 5 nitrogen and oxygen atoms in total. The van der Waals surface area contributed by atoms with Crippen molar-refractivity contribution in [3.63, 3.8) is 0 Å². The highest BCUT2D eigenvalue weighted by molar-refractivity contribution is 5.97. The Morgan fingerprint density at radius 2 is 2.19 bits per heavy atom. The predicted octanol–water partition coefficient (Wildman–Crippen LogP) is 1.97. The van der Waals surface area contributed by atoms with Crippen LogP contribution in [0.1, 0.15) is 36.5 Å². The van der Waals surface area contributed by atoms with Crippen molar-refractivity contribution < 1.29 is 18.7 Å². The van der Waals surface area contributed by atoms with Crippen molar-refractivity contribution in [3.05, 3.63) is 29.6 Å². The molecule has 1 atom stereocenters. The van der Waals surface area contributed by atoms with Gasteiger partial charge in [-0.2, -0.15) is 0 Å². The molecule has 21 heavy (non-hydrogen) atoms. The molecule has 114 valence electrons. The fourth-order valence-electron chi connectivity index (χ4n) is 2.52. The summed E-state index contributed by atoms with van der Waals surface area (Å²) in [6, 6.07) is 3.21. The van der Waals surface area contributed by atoms with Gasteiger partial charge in [-0.1, -0.05) is 0 Å². The Bertz CT molecular complexity index is 548. The van der Waals surface area contributed by atoms with Gasteiger partial charge in [0.05, 0.1) is 12.2 Å². The molecule has 0 radical (unpaired) electrons. The molecule has 1 aliphatic rings. The number of esters is 1. The number of hydrogen-bond donors (Lipinski definition) is 1. The van der Waals surface area contributed by atoms with Crippen molar-refractivity contribution in [3.8, 4) is 0 Å². The van der Waals surface area contributed by atoms with Gasteiger partial charge < -0.3 is 15.4 Å². The number of nitrogens with zero attached hydrogens (tertiary/aromatic N) is 1. The zero-order valence-electron chi connectivity index (χ0n) is 12.0. The minimum Gasteiger partial charge on any atom is -0.464 e. The van der Waals surface area contributed by atoms with Gasteiger partial charge >= 0.3 is 5.97 Å². The van der Waals surface area contributed by atoms with E-state index < -0.39 is 23.7 Å². The Kier molecular flexibility index (Phi) is 4.77. The van der Waals surface area contributed by atoms with Crippen LogP contribution in [0.4, 0.5) is 10.1 Å². The molecular weight excluding hydrogens is 275 g/mol. The summed E-state index contributed by atoms with van der Waals surface area (Å²) in [5.74, 6) is -1.59. The first-order valence-electron chi connectivity index (χ1n) is 7.07. The third-order valence-corrected chi connectivity index (χ3v) is 3.54. The van der Waals surface area contributed by atoms with Gasteiger partial charge in [0.15, 0.2) is 0 Å². The number of rotatable bonds is 3. The number of amides is 1. The topological polar surface area (TPSA) is 72.6 Å². The van der Waals surface area contributed by atoms with Crippen LogP contribution in [0.25, 0.3) is 0 Å². The van der Waals surface area contributed by atoms with Gasteiger partial charge in [0, 0.05) is 12.2 Å². The van der Waals surface area contributed by atoms with E-state index in [2.05, 4.69) is 0 Å². The number of carbonyl (C=O) groups is 2. The molecule has 1 aromatic carbocycles. The van der Waals surface area contributed by atoms with Gasteiger partial charge in [-0.25, -0.2) is 9.18 Å². The van der Waals surface area contributed by atoms with Gasteiger partial charge in [0.2, 0.25) is 0 Å². The van der Waals surface area contributed by atoms with Crippen molar-refractivity contribution in [2.75, 3.05) is 18.9 Å². The third kappa shape index (κ3) is 3.32. The van der Waals surface area contributed by atoms with E-state index in [1.807, 2.05) is 0 Å². The van der Waals surface area contributed by atoms with E-state index in [0.717, 1.165) is 18.9 Å². The number of carbonyl (C=O) groups excluding carboxylic acids is 2. The number of nitrogens with two attached hydrogens (primary N) is 1. The highest BCUT2D eigenvalue weighted by Gasteiger charge is 2.34. The van der Waals surface area contributed by atoms with Gasteiger partial charge in [-0.3, -0.25) is 4.79 Å². The Morgan fingerprint density at radius 1 is 1.43 bits per heavy atom. The van der Waals surface area contributed by atoms with E-state index in [1.165, 1.54) is 17.0 Å². The van der Waals surface area contributed by atoms with Crippen molar-refractivity contribution >= 4 is 17.6 Å². The van der Waals surface area contributed by atoms with Gasteiger partial charge in [0.1, 0.15) is 11.9 Å². The molecule has 1 amide bonds. The van der Waals surface area contributed by atoms with Crippen LogP contribution in [-0.4, -0.2) is 36.0 Å². The average molecular weight is 294 g/mol. The van der Waals surface area contributed by atoms with Crippen molar-refractivity contribution in [2.24, 2.45) is 0 Å². The summed E-state index contributed by atoms with van der Waals surface area (Å²) in [6.07, 6.45) is 2.16. The minimum atomic E-state index is -0.646. The molecule has 1 aliphatic heterocycles. The molecule has 0 aromatic heterocycles. The monoisotopic (exact) mass is 294 g/mol. The highest BCUT2D eigenvalue weighted by Crippen LogP contribution is 2.23. The second-order valence-electron chi connectivity index (χ2n) is 5.00. The number of halogens is 1. The number of likely N-dealkylation sites (tertiary alicyclic amines) is 1. The molecule has 2 N–H and O–H groups in total. The summed E-state index contributed by atoms with van der Waals surface area (Å²) < 4.78 is 18.8. The van der Waals surface area contributed by atoms with Crippen molar-refractivity contribution in [1.82, 2.24) is 4.90 Å². The lowest BCUT2D eigenvalue weighted by Gasteiger charge is -2.34. The maximum atomic E-state index is 13.8. The number of benzene rings is 1. The minimum absolute atomic E-state index is 0.105. The standard InChI is InChI=1S/C15H19FN2O3/c1-2-21-15(20)13-5-3-4-8-18(13)14(19)11-9-10(17)6-7-12(11)16/h6-7,9,13H,2-5,8,17H2,1H3. The zero-order chi connectivity index (χ0) is 15.4. The summed E-state index contributed by atoms with van der Waals surface area (Å²) in [6.45, 7) is 2.38. The van der Waals surface area contributed by atoms with Crippen LogP contribution in [0, 0.1) is 5.82 Å². The number of piperidine rings is 1. The van der Waals surface area contributed by atoms with Gasteiger partial charge in [-0.05, 0) is 44.4 Å². The molecule has 6 heteroatoms. The van der Waals surface area contributed by atoms with Crippen LogP contribution in [-0.2, 0) is 9.53 Å². The van der Waals surface area contributed by atoms with Gasteiger partial charge in [0.25, 0.3) is 5.91 Å². The molecule has 0 aliphatic carbocycles. The first kappa shape index (κ1) is 15.3. The Labute approximate surface area is 122 Å². The molecule has 1 unspecified atom stereocenters. The lowest BCUT2D eigenvalue weighted by Crippen LogP contribution is -2.48. The summed E-state index contributed by atoms with van der Waals surface area (Å²) in [7, 11) is 0. The Morgan fingerprint density at radius 3 is 2.90 bits per heavy atom. The van der Waals surface area contributed by atoms with Crippen LogP contribution < -0.4 is 5.73 Å².